The molecule has 1 aliphatic rings. The van der Waals surface area contributed by atoms with Crippen LogP contribution >= 0.6 is 0 Å². The lowest BCUT2D eigenvalue weighted by Crippen LogP contribution is -2.20. The molecular weight excluding hydrogens is 311 g/mol. The van der Waals surface area contributed by atoms with Crippen LogP contribution in [0.5, 0.6) is 5.75 Å². The normalized spacial score (nSPS) is 18.3. The van der Waals surface area contributed by atoms with E-state index in [1.165, 1.54) is 13.2 Å². The Morgan fingerprint density at radius 3 is 2.83 bits per heavy atom. The van der Waals surface area contributed by atoms with Gasteiger partial charge in [0.15, 0.2) is 0 Å². The van der Waals surface area contributed by atoms with Gasteiger partial charge < -0.3 is 14.8 Å². The van der Waals surface area contributed by atoms with Crippen LogP contribution in [0.25, 0.3) is 10.9 Å². The second kappa shape index (κ2) is 6.19. The lowest BCUT2D eigenvalue weighted by atomic mass is 10.2. The van der Waals surface area contributed by atoms with Crippen LogP contribution in [-0.2, 0) is 10.9 Å². The van der Waals surface area contributed by atoms with E-state index in [1.807, 2.05) is 0 Å². The van der Waals surface area contributed by atoms with Crippen LogP contribution in [0, 0.1) is 0 Å². The maximum atomic E-state index is 13.0. The number of benzene rings is 1. The van der Waals surface area contributed by atoms with Crippen LogP contribution in [0.4, 0.5) is 19.0 Å². The highest BCUT2D eigenvalue weighted by molar-refractivity contribution is 5.90. The van der Waals surface area contributed by atoms with E-state index in [4.69, 9.17) is 9.47 Å². The molecule has 8 heteroatoms. The number of fused-ring (bicyclic) bond motifs is 1. The van der Waals surface area contributed by atoms with Gasteiger partial charge in [0.2, 0.25) is 5.82 Å². The zero-order valence-electron chi connectivity index (χ0n) is 12.5. The van der Waals surface area contributed by atoms with Crippen molar-refractivity contribution in [3.05, 3.63) is 24.0 Å². The van der Waals surface area contributed by atoms with Crippen molar-refractivity contribution in [2.45, 2.75) is 25.1 Å². The minimum absolute atomic E-state index is 0.00685. The number of nitrogens with one attached hydrogen (secondary N) is 1. The molecule has 0 aliphatic carbocycles. The zero-order chi connectivity index (χ0) is 16.4. The Labute approximate surface area is 130 Å². The maximum Gasteiger partial charge on any atom is 0.451 e. The molecule has 1 fully saturated rings. The summed E-state index contributed by atoms with van der Waals surface area (Å²) in [6.45, 7) is 1.09. The van der Waals surface area contributed by atoms with Gasteiger partial charge in [-0.25, -0.2) is 9.97 Å². The van der Waals surface area contributed by atoms with Gasteiger partial charge >= 0.3 is 6.18 Å². The van der Waals surface area contributed by atoms with Gasteiger partial charge in [0.05, 0.1) is 18.7 Å². The third kappa shape index (κ3) is 3.47. The predicted molar refractivity (Wildman–Crippen MR) is 78.6 cm³/mol. The second-order valence-corrected chi connectivity index (χ2v) is 5.29. The molecule has 124 valence electrons. The van der Waals surface area contributed by atoms with Gasteiger partial charge in [-0.2, -0.15) is 13.2 Å². The number of hydrogen-bond acceptors (Lipinski definition) is 5. The molecule has 3 rings (SSSR count). The molecule has 1 atom stereocenters. The number of halogens is 3. The van der Waals surface area contributed by atoms with E-state index in [-0.39, 0.29) is 17.4 Å². The first-order valence-corrected chi connectivity index (χ1v) is 7.26. The number of hydrogen-bond donors (Lipinski definition) is 1. The molecule has 2 aromatic rings. The van der Waals surface area contributed by atoms with Crippen LogP contribution < -0.4 is 10.1 Å². The Hall–Kier alpha value is -2.09. The molecule has 0 bridgehead atoms. The van der Waals surface area contributed by atoms with Crippen molar-refractivity contribution in [1.82, 2.24) is 9.97 Å². The first kappa shape index (κ1) is 15.8. The van der Waals surface area contributed by atoms with Crippen molar-refractivity contribution in [2.24, 2.45) is 0 Å². The molecule has 2 heterocycles. The minimum Gasteiger partial charge on any atom is -0.497 e. The van der Waals surface area contributed by atoms with Crippen LogP contribution in [0.1, 0.15) is 18.7 Å². The quantitative estimate of drug-likeness (QED) is 0.934. The summed E-state index contributed by atoms with van der Waals surface area (Å²) in [6.07, 6.45) is -2.78. The van der Waals surface area contributed by atoms with Crippen LogP contribution in [-0.4, -0.2) is 36.3 Å². The number of methoxy groups -OCH3 is 1. The summed E-state index contributed by atoms with van der Waals surface area (Å²) >= 11 is 0. The SMILES string of the molecule is COc1ccc2c(NC[C@H]3CCCO3)nc(C(F)(F)F)nc2c1. The van der Waals surface area contributed by atoms with Gasteiger partial charge in [-0.3, -0.25) is 0 Å². The van der Waals surface area contributed by atoms with Gasteiger partial charge in [0.1, 0.15) is 11.6 Å². The number of ether oxygens (including phenoxy) is 2. The Balaban J connectivity index is 1.98. The summed E-state index contributed by atoms with van der Waals surface area (Å²) in [6, 6.07) is 4.77. The van der Waals surface area contributed by atoms with E-state index < -0.39 is 12.0 Å². The van der Waals surface area contributed by atoms with E-state index in [2.05, 4.69) is 15.3 Å². The van der Waals surface area contributed by atoms with Crippen molar-refractivity contribution in [2.75, 3.05) is 25.6 Å². The Morgan fingerprint density at radius 2 is 2.17 bits per heavy atom. The predicted octanol–water partition coefficient (Wildman–Crippen LogP) is 3.25. The highest BCUT2D eigenvalue weighted by atomic mass is 19.4. The second-order valence-electron chi connectivity index (χ2n) is 5.29. The van der Waals surface area contributed by atoms with Gasteiger partial charge in [-0.15, -0.1) is 0 Å². The summed E-state index contributed by atoms with van der Waals surface area (Å²) in [5.41, 5.74) is 0.182. The summed E-state index contributed by atoms with van der Waals surface area (Å²) in [5, 5.41) is 3.47. The number of alkyl halides is 3. The number of anilines is 1. The molecule has 1 N–H and O–H groups in total. The molecule has 5 nitrogen and oxygen atoms in total. The van der Waals surface area contributed by atoms with Crippen LogP contribution in [0.15, 0.2) is 18.2 Å². The summed E-state index contributed by atoms with van der Waals surface area (Å²) in [4.78, 5) is 7.25. The van der Waals surface area contributed by atoms with Gasteiger partial charge in [-0.05, 0) is 25.0 Å². The molecule has 23 heavy (non-hydrogen) atoms. The molecule has 0 amide bonds. The van der Waals surface area contributed by atoms with Gasteiger partial charge in [-0.1, -0.05) is 0 Å². The summed E-state index contributed by atoms with van der Waals surface area (Å²) < 4.78 is 49.6. The van der Waals surface area contributed by atoms with Crippen molar-refractivity contribution < 1.29 is 22.6 Å². The van der Waals surface area contributed by atoms with E-state index >= 15 is 0 Å². The highest BCUT2D eigenvalue weighted by Gasteiger charge is 2.35. The van der Waals surface area contributed by atoms with E-state index in [0.29, 0.717) is 24.3 Å². The molecule has 1 saturated heterocycles. The molecule has 0 radical (unpaired) electrons. The third-order valence-electron chi connectivity index (χ3n) is 3.68. The molecular formula is C15H16F3N3O2. The van der Waals surface area contributed by atoms with Crippen molar-refractivity contribution in [3.63, 3.8) is 0 Å². The monoisotopic (exact) mass is 327 g/mol. The molecule has 0 spiro atoms. The van der Waals surface area contributed by atoms with Gasteiger partial charge in [0.25, 0.3) is 0 Å². The van der Waals surface area contributed by atoms with Gasteiger partial charge in [0, 0.05) is 24.6 Å². The lowest BCUT2D eigenvalue weighted by Gasteiger charge is -2.15. The van der Waals surface area contributed by atoms with E-state index in [9.17, 15) is 13.2 Å². The fraction of sp³-hybridized carbons (Fsp3) is 0.467. The fourth-order valence-electron chi connectivity index (χ4n) is 2.51. The van der Waals surface area contributed by atoms with Crippen LogP contribution in [0.2, 0.25) is 0 Å². The highest BCUT2D eigenvalue weighted by Crippen LogP contribution is 2.31. The summed E-state index contributed by atoms with van der Waals surface area (Å²) in [5.74, 6) is -0.581. The zero-order valence-corrected chi connectivity index (χ0v) is 12.5. The standard InChI is InChI=1S/C15H16F3N3O2/c1-22-9-4-5-11-12(7-9)20-14(15(16,17)18)21-13(11)19-8-10-3-2-6-23-10/h4-5,7,10H,2-3,6,8H2,1H3,(H,19,20,21)/t10-/m1/s1. The van der Waals surface area contributed by atoms with Crippen molar-refractivity contribution in [1.29, 1.82) is 0 Å². The number of nitrogens with zero attached hydrogens (tertiary/aromatic N) is 2. The van der Waals surface area contributed by atoms with E-state index in [1.54, 1.807) is 12.1 Å². The topological polar surface area (TPSA) is 56.3 Å². The molecule has 0 unspecified atom stereocenters. The minimum atomic E-state index is -4.61. The van der Waals surface area contributed by atoms with Crippen molar-refractivity contribution in [3.8, 4) is 5.75 Å². The third-order valence-corrected chi connectivity index (χ3v) is 3.68. The average molecular weight is 327 g/mol. The molecule has 1 aliphatic heterocycles. The molecule has 1 aromatic carbocycles. The maximum absolute atomic E-state index is 13.0. The largest absolute Gasteiger partial charge is 0.497 e. The Bertz CT molecular complexity index is 700. The Morgan fingerprint density at radius 1 is 1.35 bits per heavy atom. The lowest BCUT2D eigenvalue weighted by molar-refractivity contribution is -0.144. The number of rotatable bonds is 4. The molecule has 0 saturated carbocycles. The fourth-order valence-corrected chi connectivity index (χ4v) is 2.51. The average Bonchev–Trinajstić information content (AvgIpc) is 3.04. The van der Waals surface area contributed by atoms with Crippen LogP contribution in [0.3, 0.4) is 0 Å². The van der Waals surface area contributed by atoms with E-state index in [0.717, 1.165) is 12.8 Å². The number of aromatic nitrogens is 2. The molecule has 1 aromatic heterocycles. The smallest absolute Gasteiger partial charge is 0.451 e. The first-order chi connectivity index (χ1) is 11.0. The summed E-state index contributed by atoms with van der Waals surface area (Å²) in [7, 11) is 1.45. The first-order valence-electron chi connectivity index (χ1n) is 7.26. The Kier molecular flexibility index (Phi) is 4.25. The van der Waals surface area contributed by atoms with Crippen molar-refractivity contribution >= 4 is 16.7 Å².